The summed E-state index contributed by atoms with van der Waals surface area (Å²) in [6.07, 6.45) is -0.635. The summed E-state index contributed by atoms with van der Waals surface area (Å²) in [5.74, 6) is -0.869. The minimum atomic E-state index is -0.978. The van der Waals surface area contributed by atoms with E-state index in [0.717, 1.165) is 40.5 Å². The van der Waals surface area contributed by atoms with Gasteiger partial charge in [-0.1, -0.05) is 71.0 Å². The zero-order valence-corrected chi connectivity index (χ0v) is 33.4. The van der Waals surface area contributed by atoms with Crippen LogP contribution in [0.5, 0.6) is 0 Å². The lowest BCUT2D eigenvalue weighted by atomic mass is 9.85. The monoisotopic (exact) mass is 760 g/mol. The lowest BCUT2D eigenvalue weighted by Crippen LogP contribution is -2.58. The van der Waals surface area contributed by atoms with Crippen molar-refractivity contribution in [3.05, 3.63) is 70.9 Å². The molecule has 3 aromatic rings. The van der Waals surface area contributed by atoms with Gasteiger partial charge in [0.2, 0.25) is 23.6 Å². The average molecular weight is 761 g/mol. The van der Waals surface area contributed by atoms with E-state index in [2.05, 4.69) is 58.6 Å². The van der Waals surface area contributed by atoms with E-state index < -0.39 is 35.4 Å². The maximum atomic E-state index is 14.0. The number of aromatic nitrogens is 1. The molecule has 12 nitrogen and oxygen atoms in total. The van der Waals surface area contributed by atoms with Crippen LogP contribution in [0.4, 0.5) is 5.69 Å². The highest BCUT2D eigenvalue weighted by molar-refractivity contribution is 7.13. The van der Waals surface area contributed by atoms with Gasteiger partial charge in [-0.2, -0.15) is 0 Å². The molecule has 292 valence electrons. The number of amides is 4. The van der Waals surface area contributed by atoms with E-state index in [1.165, 1.54) is 10.5 Å². The van der Waals surface area contributed by atoms with Gasteiger partial charge in [-0.05, 0) is 54.0 Å². The standard InChI is InChI=1S/C41H56N6O6S/c1-26(2)29-12-14-32(15-13-29)45-17-19-46(20-18-45)36(50)16-21-53-24-35(49)44-38(41(5,6)7)40(52)47-23-33(48)22-34(47)39(51)43-27(3)30-8-10-31(11-9-30)37-28(4)42-25-54-37/h8-15,25-27,33-34,38,48H,16-24H2,1-7H3,(H,43,51)(H,44,49)/t27-,33+,34-,38+/m0/s1. The number of likely N-dealkylation sites (tertiary alicyclic amines) is 1. The van der Waals surface area contributed by atoms with E-state index in [-0.39, 0.29) is 50.5 Å². The zero-order valence-electron chi connectivity index (χ0n) is 32.6. The number of rotatable bonds is 13. The number of ether oxygens (including phenoxy) is 1. The number of piperazine rings is 1. The van der Waals surface area contributed by atoms with Gasteiger partial charge in [-0.3, -0.25) is 19.2 Å². The Bertz CT molecular complexity index is 1750. The predicted octanol–water partition coefficient (Wildman–Crippen LogP) is 4.67. The molecule has 4 amide bonds. The van der Waals surface area contributed by atoms with E-state index in [1.54, 1.807) is 11.3 Å². The highest BCUT2D eigenvalue weighted by Crippen LogP contribution is 2.30. The summed E-state index contributed by atoms with van der Waals surface area (Å²) >= 11 is 1.58. The van der Waals surface area contributed by atoms with E-state index in [4.69, 9.17) is 4.74 Å². The second-order valence-corrected chi connectivity index (χ2v) is 16.7. The number of anilines is 1. The molecular weight excluding hydrogens is 705 g/mol. The first-order valence-corrected chi connectivity index (χ1v) is 19.8. The number of aliphatic hydroxyl groups is 1. The van der Waals surface area contributed by atoms with E-state index in [0.29, 0.717) is 19.0 Å². The molecule has 3 N–H and O–H groups in total. The highest BCUT2D eigenvalue weighted by atomic mass is 32.1. The van der Waals surface area contributed by atoms with Crippen LogP contribution < -0.4 is 15.5 Å². The predicted molar refractivity (Wildman–Crippen MR) is 211 cm³/mol. The zero-order chi connectivity index (χ0) is 39.2. The van der Waals surface area contributed by atoms with Gasteiger partial charge in [0.05, 0.1) is 41.3 Å². The molecule has 54 heavy (non-hydrogen) atoms. The molecule has 5 rings (SSSR count). The molecule has 2 aliphatic heterocycles. The minimum absolute atomic E-state index is 0.0199. The molecule has 2 aromatic carbocycles. The highest BCUT2D eigenvalue weighted by Gasteiger charge is 2.44. The molecule has 0 spiro atoms. The van der Waals surface area contributed by atoms with Crippen molar-refractivity contribution in [1.29, 1.82) is 0 Å². The summed E-state index contributed by atoms with van der Waals surface area (Å²) < 4.78 is 5.59. The van der Waals surface area contributed by atoms with Gasteiger partial charge in [0, 0.05) is 44.8 Å². The number of aliphatic hydroxyl groups excluding tert-OH is 1. The Hall–Kier alpha value is -4.33. The third-order valence-electron chi connectivity index (χ3n) is 10.3. The van der Waals surface area contributed by atoms with Crippen molar-refractivity contribution in [1.82, 2.24) is 25.4 Å². The Kier molecular flexibility index (Phi) is 13.5. The number of aryl methyl sites for hydroxylation is 1. The first-order chi connectivity index (χ1) is 25.6. The summed E-state index contributed by atoms with van der Waals surface area (Å²) in [4.78, 5) is 64.4. The van der Waals surface area contributed by atoms with Gasteiger partial charge in [-0.25, -0.2) is 4.98 Å². The first kappa shape index (κ1) is 40.8. The van der Waals surface area contributed by atoms with Gasteiger partial charge in [0.15, 0.2) is 0 Å². The van der Waals surface area contributed by atoms with Gasteiger partial charge in [-0.15, -0.1) is 11.3 Å². The van der Waals surface area contributed by atoms with Crippen molar-refractivity contribution in [2.75, 3.05) is 50.8 Å². The van der Waals surface area contributed by atoms with Crippen LogP contribution in [-0.4, -0.2) is 108 Å². The number of thiazole rings is 1. The maximum absolute atomic E-state index is 14.0. The lowest BCUT2D eigenvalue weighted by Gasteiger charge is -2.36. The smallest absolute Gasteiger partial charge is 0.246 e. The molecule has 3 heterocycles. The Morgan fingerprint density at radius 2 is 1.59 bits per heavy atom. The van der Waals surface area contributed by atoms with Crippen molar-refractivity contribution in [3.8, 4) is 10.4 Å². The van der Waals surface area contributed by atoms with Gasteiger partial charge < -0.3 is 35.2 Å². The fourth-order valence-corrected chi connectivity index (χ4v) is 7.80. The topological polar surface area (TPSA) is 144 Å². The first-order valence-electron chi connectivity index (χ1n) is 18.9. The maximum Gasteiger partial charge on any atom is 0.246 e. The van der Waals surface area contributed by atoms with E-state index >= 15 is 0 Å². The van der Waals surface area contributed by atoms with Crippen LogP contribution in [0.25, 0.3) is 10.4 Å². The number of carbonyl (C=O) groups excluding carboxylic acids is 4. The second kappa shape index (κ2) is 17.9. The average Bonchev–Trinajstić information content (AvgIpc) is 3.76. The third-order valence-corrected chi connectivity index (χ3v) is 11.3. The quantitative estimate of drug-likeness (QED) is 0.214. The van der Waals surface area contributed by atoms with Crippen molar-refractivity contribution >= 4 is 40.7 Å². The summed E-state index contributed by atoms with van der Waals surface area (Å²) in [5.41, 5.74) is 6.48. The fraction of sp³-hybridized carbons (Fsp3) is 0.537. The summed E-state index contributed by atoms with van der Waals surface area (Å²) in [7, 11) is 0. The van der Waals surface area contributed by atoms with Crippen molar-refractivity contribution < 1.29 is 29.0 Å². The Morgan fingerprint density at radius 3 is 2.19 bits per heavy atom. The van der Waals surface area contributed by atoms with E-state index in [1.807, 2.05) is 69.3 Å². The largest absolute Gasteiger partial charge is 0.391 e. The van der Waals surface area contributed by atoms with Crippen molar-refractivity contribution in [2.45, 2.75) is 91.5 Å². The number of benzene rings is 2. The molecule has 2 aliphatic rings. The van der Waals surface area contributed by atoms with Crippen molar-refractivity contribution in [3.63, 3.8) is 0 Å². The molecule has 0 bridgehead atoms. The van der Waals surface area contributed by atoms with E-state index in [9.17, 15) is 24.3 Å². The molecule has 0 aliphatic carbocycles. The molecule has 2 fully saturated rings. The third kappa shape index (κ3) is 10.2. The summed E-state index contributed by atoms with van der Waals surface area (Å²) in [5, 5.41) is 16.4. The Labute approximate surface area is 323 Å². The second-order valence-electron chi connectivity index (χ2n) is 15.8. The fourth-order valence-electron chi connectivity index (χ4n) is 6.98. The van der Waals surface area contributed by atoms with Gasteiger partial charge in [0.25, 0.3) is 0 Å². The van der Waals surface area contributed by atoms with Crippen molar-refractivity contribution in [2.24, 2.45) is 5.41 Å². The number of hydrogen-bond acceptors (Lipinski definition) is 9. The number of nitrogens with zero attached hydrogens (tertiary/aromatic N) is 4. The van der Waals surface area contributed by atoms with Crippen LogP contribution in [0, 0.1) is 12.3 Å². The Balaban J connectivity index is 1.08. The molecule has 4 atom stereocenters. The number of carbonyl (C=O) groups is 4. The van der Waals surface area contributed by atoms with Crippen LogP contribution in [-0.2, 0) is 23.9 Å². The molecular formula is C41H56N6O6S. The van der Waals surface area contributed by atoms with Crippen LogP contribution in [0.1, 0.15) is 83.2 Å². The SMILES string of the molecule is Cc1ncsc1-c1ccc([C@H](C)NC(=O)[C@@H]2C[C@@H](O)CN2C(=O)[C@@H](NC(=O)COCCC(=O)N2CCN(c3ccc(C(C)C)cc3)CC2)C(C)(C)C)cc1. The number of hydrogen-bond donors (Lipinski definition) is 3. The van der Waals surface area contributed by atoms with Gasteiger partial charge in [0.1, 0.15) is 18.7 Å². The van der Waals surface area contributed by atoms with Crippen LogP contribution >= 0.6 is 11.3 Å². The molecule has 13 heteroatoms. The van der Waals surface area contributed by atoms with Crippen LogP contribution in [0.2, 0.25) is 0 Å². The lowest BCUT2D eigenvalue weighted by molar-refractivity contribution is -0.144. The Morgan fingerprint density at radius 1 is 0.944 bits per heavy atom. The summed E-state index contributed by atoms with van der Waals surface area (Å²) in [6.45, 7) is 16.1. The van der Waals surface area contributed by atoms with Crippen LogP contribution in [0.15, 0.2) is 54.0 Å². The van der Waals surface area contributed by atoms with Crippen LogP contribution in [0.3, 0.4) is 0 Å². The molecule has 0 radical (unpaired) electrons. The molecule has 0 saturated carbocycles. The normalized spacial score (nSPS) is 18.8. The molecule has 1 aromatic heterocycles. The summed E-state index contributed by atoms with van der Waals surface area (Å²) in [6, 6.07) is 14.3. The number of β-amino-alcohol motifs (C(OH)–C–C–N with tert-alkyl or cyclic N) is 1. The minimum Gasteiger partial charge on any atom is -0.391 e. The molecule has 2 saturated heterocycles. The van der Waals surface area contributed by atoms with Gasteiger partial charge >= 0.3 is 0 Å². The molecule has 0 unspecified atom stereocenters. The number of nitrogens with one attached hydrogen (secondary N) is 2.